The Balaban J connectivity index is 1.93. The van der Waals surface area contributed by atoms with Gasteiger partial charge in [0.05, 0.1) is 30.6 Å². The molecule has 2 rings (SSSR count). The minimum absolute atomic E-state index is 0.0387. The Labute approximate surface area is 142 Å². The summed E-state index contributed by atoms with van der Waals surface area (Å²) < 4.78 is 10.3. The first-order valence-electron chi connectivity index (χ1n) is 8.27. The first kappa shape index (κ1) is 18.2. The van der Waals surface area contributed by atoms with Gasteiger partial charge in [0.2, 0.25) is 5.82 Å². The summed E-state index contributed by atoms with van der Waals surface area (Å²) in [5, 5.41) is 0. The Morgan fingerprint density at radius 3 is 2.29 bits per heavy atom. The minimum Gasteiger partial charge on any atom is -0.466 e. The Kier molecular flexibility index (Phi) is 5.75. The van der Waals surface area contributed by atoms with Crippen LogP contribution < -0.4 is 4.90 Å². The monoisotopic (exact) mass is 335 g/mol. The molecule has 1 aliphatic heterocycles. The van der Waals surface area contributed by atoms with Crippen LogP contribution in [0.15, 0.2) is 12.4 Å². The molecule has 1 fully saturated rings. The molecule has 7 heteroatoms. The Hall–Kier alpha value is -2.18. The zero-order valence-electron chi connectivity index (χ0n) is 14.7. The van der Waals surface area contributed by atoms with Crippen LogP contribution in [0.3, 0.4) is 0 Å². The van der Waals surface area contributed by atoms with Crippen molar-refractivity contribution in [1.29, 1.82) is 0 Å². The number of hydrogen-bond donors (Lipinski definition) is 0. The summed E-state index contributed by atoms with van der Waals surface area (Å²) in [5.41, 5.74) is 0.262. The molecule has 2 heterocycles. The van der Waals surface area contributed by atoms with Gasteiger partial charge in [0.15, 0.2) is 0 Å². The molecule has 0 N–H and O–H groups in total. The first-order valence-corrected chi connectivity index (χ1v) is 8.27. The van der Waals surface area contributed by atoms with Gasteiger partial charge in [0.1, 0.15) is 5.60 Å². The van der Waals surface area contributed by atoms with Crippen LogP contribution in [0.1, 0.15) is 51.2 Å². The Morgan fingerprint density at radius 1 is 1.21 bits per heavy atom. The van der Waals surface area contributed by atoms with Crippen LogP contribution in [0.4, 0.5) is 5.69 Å². The van der Waals surface area contributed by atoms with E-state index in [2.05, 4.69) is 14.9 Å². The molecule has 24 heavy (non-hydrogen) atoms. The van der Waals surface area contributed by atoms with E-state index in [4.69, 9.17) is 9.47 Å². The number of aromatic nitrogens is 2. The van der Waals surface area contributed by atoms with Crippen molar-refractivity contribution in [2.45, 2.75) is 46.1 Å². The number of carbonyl (C=O) groups is 2. The number of nitrogens with zero attached hydrogens (tertiary/aromatic N) is 3. The SMILES string of the molecule is CCOC(=O)C1CCN(c2cnc(C(=O)OC(C)(C)C)nc2)CC1. The third kappa shape index (κ3) is 4.91. The summed E-state index contributed by atoms with van der Waals surface area (Å²) >= 11 is 0. The lowest BCUT2D eigenvalue weighted by Gasteiger charge is -2.32. The van der Waals surface area contributed by atoms with Gasteiger partial charge in [-0.15, -0.1) is 0 Å². The third-order valence-corrected chi connectivity index (χ3v) is 3.70. The highest BCUT2D eigenvalue weighted by molar-refractivity contribution is 5.85. The first-order chi connectivity index (χ1) is 11.3. The average molecular weight is 335 g/mol. The largest absolute Gasteiger partial charge is 0.466 e. The maximum atomic E-state index is 11.9. The van der Waals surface area contributed by atoms with Crippen LogP contribution in [0, 0.1) is 5.92 Å². The van der Waals surface area contributed by atoms with Crippen LogP contribution in [0.25, 0.3) is 0 Å². The van der Waals surface area contributed by atoms with Crippen molar-refractivity contribution in [2.24, 2.45) is 5.92 Å². The number of carbonyl (C=O) groups excluding carboxylic acids is 2. The highest BCUT2D eigenvalue weighted by atomic mass is 16.6. The van der Waals surface area contributed by atoms with Gasteiger partial charge < -0.3 is 14.4 Å². The number of ether oxygens (including phenoxy) is 2. The molecule has 0 amide bonds. The van der Waals surface area contributed by atoms with Crippen LogP contribution in [0.5, 0.6) is 0 Å². The van der Waals surface area contributed by atoms with E-state index in [0.717, 1.165) is 31.6 Å². The number of esters is 2. The summed E-state index contributed by atoms with van der Waals surface area (Å²) in [4.78, 5) is 34.0. The van der Waals surface area contributed by atoms with E-state index in [-0.39, 0.29) is 17.7 Å². The molecular formula is C17H25N3O4. The Bertz CT molecular complexity index is 572. The van der Waals surface area contributed by atoms with Crippen LogP contribution in [0.2, 0.25) is 0 Å². The molecule has 1 aromatic rings. The summed E-state index contributed by atoms with van der Waals surface area (Å²) in [7, 11) is 0. The van der Waals surface area contributed by atoms with E-state index >= 15 is 0 Å². The van der Waals surface area contributed by atoms with E-state index in [1.807, 2.05) is 6.92 Å². The lowest BCUT2D eigenvalue weighted by atomic mass is 9.97. The molecule has 1 saturated heterocycles. The van der Waals surface area contributed by atoms with E-state index in [0.29, 0.717) is 6.61 Å². The van der Waals surface area contributed by atoms with Gasteiger partial charge in [0, 0.05) is 13.1 Å². The van der Waals surface area contributed by atoms with Gasteiger partial charge in [-0.2, -0.15) is 0 Å². The summed E-state index contributed by atoms with van der Waals surface area (Å²) in [6.07, 6.45) is 4.73. The molecule has 0 saturated carbocycles. The van der Waals surface area contributed by atoms with Crippen molar-refractivity contribution in [3.05, 3.63) is 18.2 Å². The quantitative estimate of drug-likeness (QED) is 0.780. The fourth-order valence-corrected chi connectivity index (χ4v) is 2.55. The van der Waals surface area contributed by atoms with Crippen molar-refractivity contribution in [1.82, 2.24) is 9.97 Å². The fraction of sp³-hybridized carbons (Fsp3) is 0.647. The molecule has 7 nitrogen and oxygen atoms in total. The van der Waals surface area contributed by atoms with E-state index in [1.54, 1.807) is 33.2 Å². The van der Waals surface area contributed by atoms with Gasteiger partial charge >= 0.3 is 11.9 Å². The van der Waals surface area contributed by atoms with Gasteiger partial charge in [-0.05, 0) is 40.5 Å². The third-order valence-electron chi connectivity index (χ3n) is 3.70. The maximum absolute atomic E-state index is 11.9. The molecular weight excluding hydrogens is 310 g/mol. The van der Waals surface area contributed by atoms with Crippen molar-refractivity contribution in [2.75, 3.05) is 24.6 Å². The predicted octanol–water partition coefficient (Wildman–Crippen LogP) is 2.21. The Morgan fingerprint density at radius 2 is 1.79 bits per heavy atom. The fourth-order valence-electron chi connectivity index (χ4n) is 2.55. The zero-order valence-corrected chi connectivity index (χ0v) is 14.7. The van der Waals surface area contributed by atoms with E-state index < -0.39 is 11.6 Å². The van der Waals surface area contributed by atoms with Crippen molar-refractivity contribution in [3.63, 3.8) is 0 Å². The second-order valence-corrected chi connectivity index (χ2v) is 6.78. The van der Waals surface area contributed by atoms with E-state index in [9.17, 15) is 9.59 Å². The number of hydrogen-bond acceptors (Lipinski definition) is 7. The molecule has 0 spiro atoms. The van der Waals surface area contributed by atoms with E-state index in [1.165, 1.54) is 0 Å². The van der Waals surface area contributed by atoms with Gasteiger partial charge in [-0.1, -0.05) is 0 Å². The highest BCUT2D eigenvalue weighted by Crippen LogP contribution is 2.23. The van der Waals surface area contributed by atoms with Crippen LogP contribution in [-0.2, 0) is 14.3 Å². The standard InChI is InChI=1S/C17H25N3O4/c1-5-23-15(21)12-6-8-20(9-7-12)13-10-18-14(19-11-13)16(22)24-17(2,3)4/h10-12H,5-9H2,1-4H3. The number of anilines is 1. The molecule has 0 bridgehead atoms. The van der Waals surface area contributed by atoms with Crippen molar-refractivity contribution in [3.8, 4) is 0 Å². The lowest BCUT2D eigenvalue weighted by molar-refractivity contribution is -0.148. The second-order valence-electron chi connectivity index (χ2n) is 6.78. The van der Waals surface area contributed by atoms with Gasteiger partial charge in [0.25, 0.3) is 0 Å². The normalized spacial score (nSPS) is 15.9. The molecule has 0 aliphatic carbocycles. The van der Waals surface area contributed by atoms with Crippen molar-refractivity contribution >= 4 is 17.6 Å². The molecule has 0 unspecified atom stereocenters. The molecule has 0 aromatic carbocycles. The second kappa shape index (κ2) is 7.59. The number of rotatable bonds is 4. The number of piperidine rings is 1. The van der Waals surface area contributed by atoms with Gasteiger partial charge in [-0.3, -0.25) is 4.79 Å². The van der Waals surface area contributed by atoms with Crippen LogP contribution >= 0.6 is 0 Å². The smallest absolute Gasteiger partial charge is 0.376 e. The highest BCUT2D eigenvalue weighted by Gasteiger charge is 2.26. The molecule has 132 valence electrons. The van der Waals surface area contributed by atoms with Crippen LogP contribution in [-0.4, -0.2) is 47.2 Å². The molecule has 1 aromatic heterocycles. The average Bonchev–Trinajstić information content (AvgIpc) is 2.54. The summed E-state index contributed by atoms with van der Waals surface area (Å²) in [6.45, 7) is 9.10. The molecule has 0 atom stereocenters. The topological polar surface area (TPSA) is 81.6 Å². The zero-order chi connectivity index (χ0) is 17.7. The maximum Gasteiger partial charge on any atom is 0.376 e. The molecule has 0 radical (unpaired) electrons. The molecule has 1 aliphatic rings. The summed E-state index contributed by atoms with van der Waals surface area (Å²) in [6, 6.07) is 0. The van der Waals surface area contributed by atoms with Gasteiger partial charge in [-0.25, -0.2) is 14.8 Å². The van der Waals surface area contributed by atoms with Crippen molar-refractivity contribution < 1.29 is 19.1 Å². The lowest BCUT2D eigenvalue weighted by Crippen LogP contribution is -2.37. The minimum atomic E-state index is -0.575. The predicted molar refractivity (Wildman–Crippen MR) is 88.8 cm³/mol. The summed E-state index contributed by atoms with van der Waals surface area (Å²) in [5.74, 6) is -0.637.